The molecule has 3 aliphatic rings. The van der Waals surface area contributed by atoms with Crippen molar-refractivity contribution in [2.24, 2.45) is 5.92 Å². The first-order valence-corrected chi connectivity index (χ1v) is 16.6. The predicted molar refractivity (Wildman–Crippen MR) is 174 cm³/mol. The van der Waals surface area contributed by atoms with Crippen molar-refractivity contribution in [1.82, 2.24) is 16.0 Å². The maximum atomic E-state index is 12.6. The predicted octanol–water partition coefficient (Wildman–Crippen LogP) is 4.30. The molecule has 4 N–H and O–H groups in total. The summed E-state index contributed by atoms with van der Waals surface area (Å²) >= 11 is 0. The molecule has 12 nitrogen and oxygen atoms in total. The maximum absolute atomic E-state index is 12.6. The number of hydrogen-bond acceptors (Lipinski definition) is 9. The van der Waals surface area contributed by atoms with E-state index in [1.165, 1.54) is 5.57 Å². The molecule has 1 aromatic carbocycles. The van der Waals surface area contributed by atoms with Gasteiger partial charge in [0.2, 0.25) is 5.91 Å². The molecule has 46 heavy (non-hydrogen) atoms. The van der Waals surface area contributed by atoms with Crippen molar-refractivity contribution in [3.63, 3.8) is 0 Å². The molecule has 1 saturated carbocycles. The summed E-state index contributed by atoms with van der Waals surface area (Å²) in [5.74, 6) is -0.0887. The van der Waals surface area contributed by atoms with E-state index in [4.69, 9.17) is 23.7 Å². The molecule has 0 aromatic heterocycles. The molecule has 1 aromatic rings. The number of carbonyl (C=O) groups is 3. The summed E-state index contributed by atoms with van der Waals surface area (Å²) < 4.78 is 29.1. The van der Waals surface area contributed by atoms with Crippen LogP contribution in [-0.2, 0) is 28.5 Å². The van der Waals surface area contributed by atoms with Gasteiger partial charge in [0.15, 0.2) is 0 Å². The number of alkyl carbamates (subject to hydrolysis) is 2. The zero-order valence-electron chi connectivity index (χ0n) is 27.7. The number of allylic oxidation sites excluding steroid dienone is 1. The third-order valence-corrected chi connectivity index (χ3v) is 9.02. The van der Waals surface area contributed by atoms with Crippen molar-refractivity contribution in [1.29, 1.82) is 0 Å². The van der Waals surface area contributed by atoms with Crippen LogP contribution in [0.1, 0.15) is 65.7 Å². The molecule has 2 aliphatic heterocycles. The van der Waals surface area contributed by atoms with Crippen LogP contribution < -0.4 is 21.3 Å². The molecule has 1 aliphatic carbocycles. The SMILES string of the molecule is COC1C(OC(=O)NCCOC(=O)NCCCCCCNC(=O)CNc2ccccc2)CC[C@]2(CO2)C1C1(C)O[C@@H]1CC=C(C)C. The summed E-state index contributed by atoms with van der Waals surface area (Å²) in [5, 5.41) is 11.4. The Kier molecular flexibility index (Phi) is 13.1. The van der Waals surface area contributed by atoms with Gasteiger partial charge in [-0.05, 0) is 65.0 Å². The van der Waals surface area contributed by atoms with Crippen molar-refractivity contribution in [3.8, 4) is 0 Å². The molecular weight excluding hydrogens is 592 g/mol. The van der Waals surface area contributed by atoms with Crippen LogP contribution in [0.4, 0.5) is 15.3 Å². The maximum Gasteiger partial charge on any atom is 0.407 e. The molecular formula is C34H52N4O8. The van der Waals surface area contributed by atoms with Crippen LogP contribution in [0.3, 0.4) is 0 Å². The lowest BCUT2D eigenvalue weighted by molar-refractivity contribution is -0.119. The van der Waals surface area contributed by atoms with E-state index >= 15 is 0 Å². The Morgan fingerprint density at radius 2 is 1.67 bits per heavy atom. The molecule has 12 heteroatoms. The Bertz CT molecular complexity index is 1170. The first-order chi connectivity index (χ1) is 22.2. The van der Waals surface area contributed by atoms with Gasteiger partial charge in [-0.15, -0.1) is 0 Å². The van der Waals surface area contributed by atoms with Crippen LogP contribution in [0.15, 0.2) is 42.0 Å². The van der Waals surface area contributed by atoms with Crippen molar-refractivity contribution >= 4 is 23.8 Å². The van der Waals surface area contributed by atoms with Crippen molar-refractivity contribution < 1.29 is 38.1 Å². The van der Waals surface area contributed by atoms with E-state index in [1.807, 2.05) is 30.3 Å². The van der Waals surface area contributed by atoms with Gasteiger partial charge in [-0.3, -0.25) is 4.79 Å². The number of hydrogen-bond donors (Lipinski definition) is 4. The van der Waals surface area contributed by atoms with E-state index < -0.39 is 23.9 Å². The van der Waals surface area contributed by atoms with Crippen molar-refractivity contribution in [3.05, 3.63) is 42.0 Å². The van der Waals surface area contributed by atoms with E-state index in [9.17, 15) is 14.4 Å². The highest BCUT2D eigenvalue weighted by Crippen LogP contribution is 2.59. The molecule has 3 amide bonds. The fourth-order valence-corrected chi connectivity index (χ4v) is 6.42. The first-order valence-electron chi connectivity index (χ1n) is 16.6. The normalized spacial score (nSPS) is 27.7. The topological polar surface area (TPSA) is 152 Å². The van der Waals surface area contributed by atoms with Gasteiger partial charge in [-0.1, -0.05) is 42.7 Å². The first kappa shape index (κ1) is 35.5. The van der Waals surface area contributed by atoms with Crippen molar-refractivity contribution in [2.75, 3.05) is 51.8 Å². The number of benzene rings is 1. The van der Waals surface area contributed by atoms with Crippen LogP contribution in [0, 0.1) is 5.92 Å². The number of carbonyl (C=O) groups excluding carboxylic acids is 3. The molecule has 6 atom stereocenters. The standard InChI is InChI=1S/C34H52N4O8/c1-24(2)14-15-27-33(3,46-27)30-29(42-4)26(16-17-34(30)23-44-34)45-32(41)37-20-21-43-31(40)36-19-11-6-5-10-18-35-28(39)22-38-25-12-8-7-9-13-25/h7-9,12-14,26-27,29-30,38H,5-6,10-11,15-23H2,1-4H3,(H,35,39)(H,36,40)(H,37,41)/t26?,27-,29?,30?,33?,34+/m1/s1. The van der Waals surface area contributed by atoms with Crippen LogP contribution in [0.2, 0.25) is 0 Å². The summed E-state index contributed by atoms with van der Waals surface area (Å²) in [6.07, 6.45) is 6.14. The van der Waals surface area contributed by atoms with Crippen LogP contribution in [0.5, 0.6) is 0 Å². The minimum absolute atomic E-state index is 0.0235. The molecule has 2 saturated heterocycles. The van der Waals surface area contributed by atoms with Gasteiger partial charge >= 0.3 is 12.2 Å². The Balaban J connectivity index is 1.02. The number of nitrogens with one attached hydrogen (secondary N) is 4. The van der Waals surface area contributed by atoms with E-state index in [2.05, 4.69) is 48.1 Å². The minimum Gasteiger partial charge on any atom is -0.448 e. The molecule has 2 heterocycles. The Hall–Kier alpha value is -3.35. The number of anilines is 1. The number of rotatable bonds is 18. The Labute approximate surface area is 272 Å². The van der Waals surface area contributed by atoms with Gasteiger partial charge in [0.05, 0.1) is 31.7 Å². The highest BCUT2D eigenvalue weighted by Gasteiger charge is 2.72. The monoisotopic (exact) mass is 644 g/mol. The van der Waals surface area contributed by atoms with E-state index in [1.54, 1.807) is 7.11 Å². The third-order valence-electron chi connectivity index (χ3n) is 9.02. The van der Waals surface area contributed by atoms with E-state index in [0.717, 1.165) is 44.2 Å². The largest absolute Gasteiger partial charge is 0.448 e. The van der Waals surface area contributed by atoms with Gasteiger partial charge in [0.25, 0.3) is 0 Å². The number of ether oxygens (including phenoxy) is 5. The molecule has 0 radical (unpaired) electrons. The number of unbranched alkanes of at least 4 members (excludes halogenated alkanes) is 3. The lowest BCUT2D eigenvalue weighted by atomic mass is 9.68. The number of amides is 3. The van der Waals surface area contributed by atoms with Gasteiger partial charge < -0.3 is 45.0 Å². The zero-order valence-corrected chi connectivity index (χ0v) is 27.7. The van der Waals surface area contributed by atoms with E-state index in [0.29, 0.717) is 26.1 Å². The summed E-state index contributed by atoms with van der Waals surface area (Å²) in [6.45, 7) is 8.43. The Morgan fingerprint density at radius 1 is 0.978 bits per heavy atom. The summed E-state index contributed by atoms with van der Waals surface area (Å²) in [4.78, 5) is 36.5. The minimum atomic E-state index is -0.575. The van der Waals surface area contributed by atoms with Gasteiger partial charge in [-0.25, -0.2) is 9.59 Å². The van der Waals surface area contributed by atoms with Crippen LogP contribution in [-0.4, -0.2) is 94.1 Å². The zero-order chi connectivity index (χ0) is 33.0. The lowest BCUT2D eigenvalue weighted by Crippen LogP contribution is -2.56. The third kappa shape index (κ3) is 10.3. The second-order valence-electron chi connectivity index (χ2n) is 12.8. The number of epoxide rings is 2. The summed E-state index contributed by atoms with van der Waals surface area (Å²) in [6, 6.07) is 9.60. The molecule has 0 bridgehead atoms. The van der Waals surface area contributed by atoms with Crippen molar-refractivity contribution in [2.45, 2.75) is 95.2 Å². The highest BCUT2D eigenvalue weighted by atomic mass is 16.6. The molecule has 3 fully saturated rings. The second-order valence-corrected chi connectivity index (χ2v) is 12.8. The summed E-state index contributed by atoms with van der Waals surface area (Å²) in [5.41, 5.74) is 1.48. The average molecular weight is 645 g/mol. The molecule has 4 unspecified atom stereocenters. The number of methoxy groups -OCH3 is 1. The van der Waals surface area contributed by atoms with Crippen LogP contribution >= 0.6 is 0 Å². The summed E-state index contributed by atoms with van der Waals surface area (Å²) in [7, 11) is 1.64. The molecule has 1 spiro atoms. The van der Waals surface area contributed by atoms with E-state index in [-0.39, 0.29) is 49.3 Å². The fraction of sp³-hybridized carbons (Fsp3) is 0.676. The fourth-order valence-electron chi connectivity index (χ4n) is 6.42. The van der Waals surface area contributed by atoms with Gasteiger partial charge in [0, 0.05) is 25.9 Å². The quantitative estimate of drug-likeness (QED) is 0.104. The highest BCUT2D eigenvalue weighted by molar-refractivity contribution is 5.80. The van der Waals surface area contributed by atoms with Gasteiger partial charge in [0.1, 0.15) is 30.0 Å². The number of para-hydroxylation sites is 1. The van der Waals surface area contributed by atoms with Crippen LogP contribution in [0.25, 0.3) is 0 Å². The van der Waals surface area contributed by atoms with Gasteiger partial charge in [-0.2, -0.15) is 0 Å². The average Bonchev–Trinajstić information content (AvgIpc) is 3.96. The second kappa shape index (κ2) is 17.0. The smallest absolute Gasteiger partial charge is 0.407 e. The Morgan fingerprint density at radius 3 is 2.35 bits per heavy atom. The molecule has 4 rings (SSSR count). The lowest BCUT2D eigenvalue weighted by Gasteiger charge is -2.42. The molecule has 256 valence electrons.